The summed E-state index contributed by atoms with van der Waals surface area (Å²) in [6.07, 6.45) is 3.28. The van der Waals surface area contributed by atoms with E-state index >= 15 is 0 Å². The molecule has 1 fully saturated rings. The number of sulfonamides is 1. The van der Waals surface area contributed by atoms with E-state index in [0.717, 1.165) is 12.8 Å². The minimum absolute atomic E-state index is 0.0443. The molecule has 18 heavy (non-hydrogen) atoms. The standard InChI is InChI=1S/C11H17N3O3S/c1-7-3-8(4-7)13-11(15)10-5-9(6-14(10)2)18(12,16)17/h5-8H,3-4H2,1-2H3,(H,13,15)(H2,12,16,17). The van der Waals surface area contributed by atoms with Crippen molar-refractivity contribution in [1.82, 2.24) is 9.88 Å². The molecule has 0 atom stereocenters. The number of nitrogens with two attached hydrogens (primary N) is 1. The number of carbonyl (C=O) groups is 1. The van der Waals surface area contributed by atoms with Gasteiger partial charge in [-0.25, -0.2) is 13.6 Å². The van der Waals surface area contributed by atoms with Gasteiger partial charge in [0.2, 0.25) is 10.0 Å². The number of nitrogens with zero attached hydrogens (tertiary/aromatic N) is 1. The molecule has 1 aromatic heterocycles. The van der Waals surface area contributed by atoms with Crippen molar-refractivity contribution >= 4 is 15.9 Å². The van der Waals surface area contributed by atoms with Crippen LogP contribution in [0.5, 0.6) is 0 Å². The first-order chi connectivity index (χ1) is 8.27. The molecular formula is C11H17N3O3S. The van der Waals surface area contributed by atoms with Gasteiger partial charge in [-0.05, 0) is 24.8 Å². The zero-order chi connectivity index (χ0) is 13.5. The average Bonchev–Trinajstić information content (AvgIpc) is 2.57. The van der Waals surface area contributed by atoms with Crippen LogP contribution in [-0.4, -0.2) is 24.9 Å². The summed E-state index contributed by atoms with van der Waals surface area (Å²) in [5.74, 6) is 0.382. The predicted octanol–water partition coefficient (Wildman–Crippen LogP) is 0.201. The number of aryl methyl sites for hydroxylation is 1. The number of aromatic nitrogens is 1. The van der Waals surface area contributed by atoms with Crippen LogP contribution >= 0.6 is 0 Å². The molecule has 6 nitrogen and oxygen atoms in total. The van der Waals surface area contributed by atoms with E-state index in [0.29, 0.717) is 11.6 Å². The van der Waals surface area contributed by atoms with Crippen LogP contribution in [0.2, 0.25) is 0 Å². The van der Waals surface area contributed by atoms with Crippen LogP contribution < -0.4 is 10.5 Å². The van der Waals surface area contributed by atoms with E-state index in [1.54, 1.807) is 7.05 Å². The fraction of sp³-hybridized carbons (Fsp3) is 0.545. The molecule has 2 rings (SSSR count). The maximum Gasteiger partial charge on any atom is 0.268 e. The number of hydrogen-bond acceptors (Lipinski definition) is 3. The first-order valence-corrected chi connectivity index (χ1v) is 7.32. The van der Waals surface area contributed by atoms with Gasteiger partial charge >= 0.3 is 0 Å². The topological polar surface area (TPSA) is 94.2 Å². The third kappa shape index (κ3) is 2.56. The number of rotatable bonds is 3. The lowest BCUT2D eigenvalue weighted by atomic mass is 9.82. The lowest BCUT2D eigenvalue weighted by Crippen LogP contribution is -2.43. The third-order valence-corrected chi connectivity index (χ3v) is 4.13. The summed E-state index contributed by atoms with van der Waals surface area (Å²) >= 11 is 0. The molecule has 1 saturated carbocycles. The minimum Gasteiger partial charge on any atom is -0.348 e. The number of nitrogens with one attached hydrogen (secondary N) is 1. The van der Waals surface area contributed by atoms with Gasteiger partial charge in [0.25, 0.3) is 5.91 Å². The number of primary sulfonamides is 1. The summed E-state index contributed by atoms with van der Waals surface area (Å²) in [7, 11) is -2.15. The van der Waals surface area contributed by atoms with Crippen molar-refractivity contribution in [3.05, 3.63) is 18.0 Å². The minimum atomic E-state index is -3.77. The Morgan fingerprint density at radius 1 is 1.50 bits per heavy atom. The van der Waals surface area contributed by atoms with Gasteiger partial charge in [0.05, 0.1) is 0 Å². The first kappa shape index (κ1) is 13.1. The lowest BCUT2D eigenvalue weighted by Gasteiger charge is -2.33. The first-order valence-electron chi connectivity index (χ1n) is 5.77. The Balaban J connectivity index is 2.13. The molecule has 1 aliphatic carbocycles. The summed E-state index contributed by atoms with van der Waals surface area (Å²) < 4.78 is 23.8. The Labute approximate surface area is 106 Å². The van der Waals surface area contributed by atoms with Crippen LogP contribution in [0.4, 0.5) is 0 Å². The quantitative estimate of drug-likeness (QED) is 0.822. The average molecular weight is 271 g/mol. The fourth-order valence-electron chi connectivity index (χ4n) is 2.20. The largest absolute Gasteiger partial charge is 0.348 e. The summed E-state index contributed by atoms with van der Waals surface area (Å²) in [4.78, 5) is 11.9. The van der Waals surface area contributed by atoms with Crippen molar-refractivity contribution in [2.45, 2.75) is 30.7 Å². The van der Waals surface area contributed by atoms with Crippen molar-refractivity contribution in [3.8, 4) is 0 Å². The molecule has 0 saturated heterocycles. The van der Waals surface area contributed by atoms with Crippen LogP contribution in [0, 0.1) is 5.92 Å². The van der Waals surface area contributed by atoms with E-state index in [9.17, 15) is 13.2 Å². The molecule has 0 aliphatic heterocycles. The highest BCUT2D eigenvalue weighted by atomic mass is 32.2. The molecule has 0 spiro atoms. The molecule has 1 aromatic rings. The molecule has 1 heterocycles. The summed E-state index contributed by atoms with van der Waals surface area (Å²) in [5, 5.41) is 7.90. The van der Waals surface area contributed by atoms with Crippen LogP contribution in [0.3, 0.4) is 0 Å². The van der Waals surface area contributed by atoms with E-state index in [2.05, 4.69) is 12.2 Å². The van der Waals surface area contributed by atoms with Crippen molar-refractivity contribution in [1.29, 1.82) is 0 Å². The molecule has 0 aromatic carbocycles. The van der Waals surface area contributed by atoms with E-state index in [4.69, 9.17) is 5.14 Å². The van der Waals surface area contributed by atoms with Gasteiger partial charge in [-0.15, -0.1) is 0 Å². The van der Waals surface area contributed by atoms with E-state index in [-0.39, 0.29) is 16.8 Å². The van der Waals surface area contributed by atoms with Crippen molar-refractivity contribution in [3.63, 3.8) is 0 Å². The maximum atomic E-state index is 11.9. The molecule has 1 amide bonds. The Morgan fingerprint density at radius 3 is 2.56 bits per heavy atom. The molecular weight excluding hydrogens is 254 g/mol. The Morgan fingerprint density at radius 2 is 2.11 bits per heavy atom. The van der Waals surface area contributed by atoms with Gasteiger partial charge in [-0.1, -0.05) is 6.92 Å². The Bertz CT molecular complexity index is 570. The number of amides is 1. The van der Waals surface area contributed by atoms with Crippen molar-refractivity contribution in [2.24, 2.45) is 18.1 Å². The van der Waals surface area contributed by atoms with Gasteiger partial charge in [-0.3, -0.25) is 4.79 Å². The highest BCUT2D eigenvalue weighted by molar-refractivity contribution is 7.89. The molecule has 3 N–H and O–H groups in total. The lowest BCUT2D eigenvalue weighted by molar-refractivity contribution is 0.0887. The fourth-order valence-corrected chi connectivity index (χ4v) is 2.78. The third-order valence-electron chi connectivity index (χ3n) is 3.25. The zero-order valence-corrected chi connectivity index (χ0v) is 11.2. The monoisotopic (exact) mass is 271 g/mol. The predicted molar refractivity (Wildman–Crippen MR) is 66.4 cm³/mol. The van der Waals surface area contributed by atoms with Crippen molar-refractivity contribution in [2.75, 3.05) is 0 Å². The van der Waals surface area contributed by atoms with E-state index in [1.165, 1.54) is 16.8 Å². The summed E-state index contributed by atoms with van der Waals surface area (Å²) in [5.41, 5.74) is 0.304. The highest BCUT2D eigenvalue weighted by Crippen LogP contribution is 2.26. The molecule has 0 unspecified atom stereocenters. The van der Waals surface area contributed by atoms with E-state index < -0.39 is 10.0 Å². The van der Waals surface area contributed by atoms with Gasteiger partial charge in [0.1, 0.15) is 10.6 Å². The van der Waals surface area contributed by atoms with Crippen LogP contribution in [0.25, 0.3) is 0 Å². The van der Waals surface area contributed by atoms with Crippen LogP contribution in [-0.2, 0) is 17.1 Å². The van der Waals surface area contributed by atoms with E-state index in [1.807, 2.05) is 0 Å². The molecule has 1 aliphatic rings. The van der Waals surface area contributed by atoms with Gasteiger partial charge in [0, 0.05) is 19.3 Å². The second-order valence-corrected chi connectivity index (χ2v) is 6.53. The molecule has 7 heteroatoms. The van der Waals surface area contributed by atoms with Gasteiger partial charge < -0.3 is 9.88 Å². The zero-order valence-electron chi connectivity index (χ0n) is 10.4. The second kappa shape index (κ2) is 4.40. The number of carbonyl (C=O) groups excluding carboxylic acids is 1. The Hall–Kier alpha value is -1.34. The summed E-state index contributed by atoms with van der Waals surface area (Å²) in [6.45, 7) is 2.13. The van der Waals surface area contributed by atoms with Crippen molar-refractivity contribution < 1.29 is 13.2 Å². The molecule has 0 bridgehead atoms. The maximum absolute atomic E-state index is 11.9. The molecule has 0 radical (unpaired) electrons. The number of hydrogen-bond donors (Lipinski definition) is 2. The Kier molecular flexibility index (Phi) is 3.20. The van der Waals surface area contributed by atoms with Crippen LogP contribution in [0.15, 0.2) is 17.2 Å². The van der Waals surface area contributed by atoms with Crippen LogP contribution in [0.1, 0.15) is 30.3 Å². The van der Waals surface area contributed by atoms with Gasteiger partial charge in [-0.2, -0.15) is 0 Å². The normalized spacial score (nSPS) is 23.5. The van der Waals surface area contributed by atoms with Gasteiger partial charge in [0.15, 0.2) is 0 Å². The highest BCUT2D eigenvalue weighted by Gasteiger charge is 2.28. The molecule has 100 valence electrons. The second-order valence-electron chi connectivity index (χ2n) is 4.96. The summed E-state index contributed by atoms with van der Waals surface area (Å²) in [6, 6.07) is 1.49. The SMILES string of the molecule is CC1CC(NC(=O)c2cc(S(N)(=O)=O)cn2C)C1. The smallest absolute Gasteiger partial charge is 0.268 e.